The van der Waals surface area contributed by atoms with Crippen molar-refractivity contribution in [1.29, 1.82) is 0 Å². The van der Waals surface area contributed by atoms with E-state index in [-0.39, 0.29) is 11.0 Å². The average Bonchev–Trinajstić information content (AvgIpc) is 2.62. The maximum Gasteiger partial charge on any atom is 0.0933 e. The Morgan fingerprint density at radius 3 is 2.54 bits per heavy atom. The van der Waals surface area contributed by atoms with E-state index in [4.69, 9.17) is 17.2 Å². The van der Waals surface area contributed by atoms with Gasteiger partial charge in [0, 0.05) is 24.3 Å². The number of nitrogens with zero attached hydrogens (tertiary/aromatic N) is 3. The highest BCUT2D eigenvalue weighted by Crippen LogP contribution is 2.45. The topological polar surface area (TPSA) is 19.4 Å². The zero-order valence-corrected chi connectivity index (χ0v) is 17.7. The molecule has 1 aliphatic heterocycles. The minimum absolute atomic E-state index is 0.00478. The highest BCUT2D eigenvalue weighted by atomic mass is 32.1. The van der Waals surface area contributed by atoms with Crippen LogP contribution in [0.15, 0.2) is 36.5 Å². The third-order valence-electron chi connectivity index (χ3n) is 6.03. The van der Waals surface area contributed by atoms with Gasteiger partial charge in [0.2, 0.25) is 0 Å². The number of aromatic nitrogens is 1. The molecule has 2 heterocycles. The first-order chi connectivity index (χ1) is 12.3. The van der Waals surface area contributed by atoms with Gasteiger partial charge in [-0.2, -0.15) is 0 Å². The van der Waals surface area contributed by atoms with Gasteiger partial charge in [-0.1, -0.05) is 30.4 Å². The molecule has 2 aliphatic rings. The Morgan fingerprint density at radius 1 is 1.23 bits per heavy atom. The van der Waals surface area contributed by atoms with E-state index in [0.29, 0.717) is 12.0 Å². The van der Waals surface area contributed by atoms with Crippen molar-refractivity contribution in [2.24, 2.45) is 5.92 Å². The molecule has 3 rings (SSSR count). The van der Waals surface area contributed by atoms with E-state index in [0.717, 1.165) is 36.7 Å². The number of thiocarbonyl (C=S) groups is 1. The molecular weight excluding hydrogens is 338 g/mol. The van der Waals surface area contributed by atoms with Crippen molar-refractivity contribution in [1.82, 2.24) is 14.8 Å². The standard InChI is InChI=1S/C22H33N3S/c1-17(2)24-15-22(18-11-7-6-8-12-18,19-13-9-10-14-23-19)20(26)25(16-24)21(3,4)5/h6-7,9-10,13-14,17-18H,8,11-12,15-16H2,1-5H3. The summed E-state index contributed by atoms with van der Waals surface area (Å²) in [7, 11) is 0. The second kappa shape index (κ2) is 7.40. The van der Waals surface area contributed by atoms with Gasteiger partial charge in [0.25, 0.3) is 0 Å². The second-order valence-electron chi connectivity index (χ2n) is 9.05. The van der Waals surface area contributed by atoms with Crippen molar-refractivity contribution in [2.75, 3.05) is 13.2 Å². The van der Waals surface area contributed by atoms with E-state index in [1.165, 1.54) is 6.42 Å². The van der Waals surface area contributed by atoms with Crippen LogP contribution in [-0.4, -0.2) is 44.6 Å². The predicted molar refractivity (Wildman–Crippen MR) is 113 cm³/mol. The first-order valence-corrected chi connectivity index (χ1v) is 10.3. The summed E-state index contributed by atoms with van der Waals surface area (Å²) in [6.07, 6.45) is 9.98. The summed E-state index contributed by atoms with van der Waals surface area (Å²) in [6, 6.07) is 6.78. The number of rotatable bonds is 3. The number of hydrogen-bond acceptors (Lipinski definition) is 3. The van der Waals surface area contributed by atoms with Crippen LogP contribution in [0.25, 0.3) is 0 Å². The lowest BCUT2D eigenvalue weighted by molar-refractivity contribution is 0.0359. The fraction of sp³-hybridized carbons (Fsp3) is 0.636. The minimum atomic E-state index is -0.197. The zero-order valence-electron chi connectivity index (χ0n) is 16.9. The lowest BCUT2D eigenvalue weighted by Gasteiger charge is -2.56. The molecule has 0 N–H and O–H groups in total. The molecule has 2 atom stereocenters. The van der Waals surface area contributed by atoms with Crippen molar-refractivity contribution >= 4 is 17.2 Å². The summed E-state index contributed by atoms with van der Waals surface area (Å²) >= 11 is 6.25. The van der Waals surface area contributed by atoms with Crippen LogP contribution in [0.3, 0.4) is 0 Å². The summed E-state index contributed by atoms with van der Waals surface area (Å²) in [5.41, 5.74) is 0.941. The molecule has 1 fully saturated rings. The lowest BCUT2D eigenvalue weighted by atomic mass is 9.65. The van der Waals surface area contributed by atoms with E-state index in [2.05, 4.69) is 68.7 Å². The average molecular weight is 372 g/mol. The molecule has 142 valence electrons. The number of allylic oxidation sites excluding steroid dienone is 2. The van der Waals surface area contributed by atoms with Gasteiger partial charge in [-0.3, -0.25) is 9.88 Å². The first kappa shape index (κ1) is 19.5. The fourth-order valence-electron chi connectivity index (χ4n) is 4.36. The van der Waals surface area contributed by atoms with Gasteiger partial charge in [0.1, 0.15) is 0 Å². The summed E-state index contributed by atoms with van der Waals surface area (Å²) < 4.78 is 0. The van der Waals surface area contributed by atoms with Gasteiger partial charge in [0.05, 0.1) is 22.8 Å². The molecule has 1 aromatic rings. The highest BCUT2D eigenvalue weighted by molar-refractivity contribution is 7.80. The molecule has 3 nitrogen and oxygen atoms in total. The lowest BCUT2D eigenvalue weighted by Crippen LogP contribution is -2.68. The normalized spacial score (nSPS) is 28.0. The van der Waals surface area contributed by atoms with Crippen LogP contribution >= 0.6 is 12.2 Å². The summed E-state index contributed by atoms with van der Waals surface area (Å²) in [4.78, 5) is 11.0. The van der Waals surface area contributed by atoms with Gasteiger partial charge in [-0.05, 0) is 71.9 Å². The smallest absolute Gasteiger partial charge is 0.0933 e. The van der Waals surface area contributed by atoms with Gasteiger partial charge in [-0.15, -0.1) is 0 Å². The van der Waals surface area contributed by atoms with E-state index in [1.807, 2.05) is 12.3 Å². The Bertz CT molecular complexity index is 662. The Kier molecular flexibility index (Phi) is 5.55. The molecule has 0 bridgehead atoms. The van der Waals surface area contributed by atoms with Gasteiger partial charge < -0.3 is 4.90 Å². The SMILES string of the molecule is CC(C)N1CN(C(C)(C)C)C(=S)C(c2ccccn2)(C2CC=CCC2)C1. The predicted octanol–water partition coefficient (Wildman–Crippen LogP) is 4.79. The van der Waals surface area contributed by atoms with Gasteiger partial charge >= 0.3 is 0 Å². The molecule has 0 saturated carbocycles. The van der Waals surface area contributed by atoms with Crippen LogP contribution in [0.4, 0.5) is 0 Å². The van der Waals surface area contributed by atoms with Crippen molar-refractivity contribution in [3.8, 4) is 0 Å². The van der Waals surface area contributed by atoms with Crippen molar-refractivity contribution < 1.29 is 0 Å². The zero-order chi connectivity index (χ0) is 18.9. The third-order valence-corrected chi connectivity index (χ3v) is 6.61. The summed E-state index contributed by atoms with van der Waals surface area (Å²) in [6.45, 7) is 13.3. The summed E-state index contributed by atoms with van der Waals surface area (Å²) in [5.74, 6) is 0.501. The Labute approximate surface area is 164 Å². The van der Waals surface area contributed by atoms with Gasteiger partial charge in [-0.25, -0.2) is 0 Å². The van der Waals surface area contributed by atoms with Crippen LogP contribution < -0.4 is 0 Å². The highest BCUT2D eigenvalue weighted by Gasteiger charge is 2.52. The molecule has 26 heavy (non-hydrogen) atoms. The molecule has 1 saturated heterocycles. The Balaban J connectivity index is 2.16. The molecule has 0 radical (unpaired) electrons. The summed E-state index contributed by atoms with van der Waals surface area (Å²) in [5, 5.41) is 0. The molecular formula is C22H33N3S. The number of pyridine rings is 1. The van der Waals surface area contributed by atoms with E-state index < -0.39 is 0 Å². The Morgan fingerprint density at radius 2 is 2.00 bits per heavy atom. The van der Waals surface area contributed by atoms with Crippen LogP contribution in [0.1, 0.15) is 59.6 Å². The number of hydrogen-bond donors (Lipinski definition) is 0. The molecule has 1 aromatic heterocycles. The second-order valence-corrected chi connectivity index (χ2v) is 9.44. The molecule has 0 amide bonds. The molecule has 2 unspecified atom stereocenters. The fourth-order valence-corrected chi connectivity index (χ4v) is 5.03. The molecule has 0 aromatic carbocycles. The Hall–Kier alpha value is -1.26. The first-order valence-electron chi connectivity index (χ1n) is 9.89. The van der Waals surface area contributed by atoms with Crippen LogP contribution in [0, 0.1) is 5.92 Å². The van der Waals surface area contributed by atoms with Crippen LogP contribution in [0.2, 0.25) is 0 Å². The van der Waals surface area contributed by atoms with Crippen LogP contribution in [0.5, 0.6) is 0 Å². The monoisotopic (exact) mass is 371 g/mol. The minimum Gasteiger partial charge on any atom is -0.347 e. The molecule has 0 spiro atoms. The van der Waals surface area contributed by atoms with Crippen molar-refractivity contribution in [3.63, 3.8) is 0 Å². The van der Waals surface area contributed by atoms with E-state index in [9.17, 15) is 0 Å². The quantitative estimate of drug-likeness (QED) is 0.562. The largest absolute Gasteiger partial charge is 0.347 e. The van der Waals surface area contributed by atoms with Crippen molar-refractivity contribution in [2.45, 2.75) is 70.9 Å². The maximum atomic E-state index is 6.25. The van der Waals surface area contributed by atoms with Gasteiger partial charge in [0.15, 0.2) is 0 Å². The molecule has 1 aliphatic carbocycles. The van der Waals surface area contributed by atoms with E-state index in [1.54, 1.807) is 0 Å². The molecule has 4 heteroatoms. The maximum absolute atomic E-state index is 6.25. The third kappa shape index (κ3) is 3.46. The van der Waals surface area contributed by atoms with Crippen LogP contribution in [-0.2, 0) is 5.41 Å². The van der Waals surface area contributed by atoms with E-state index >= 15 is 0 Å². The van der Waals surface area contributed by atoms with Crippen molar-refractivity contribution in [3.05, 3.63) is 42.2 Å².